The summed E-state index contributed by atoms with van der Waals surface area (Å²) in [4.78, 5) is 24.0. The van der Waals surface area contributed by atoms with Crippen molar-refractivity contribution in [3.63, 3.8) is 0 Å². The van der Waals surface area contributed by atoms with Crippen molar-refractivity contribution in [2.24, 2.45) is 23.2 Å². The predicted octanol–water partition coefficient (Wildman–Crippen LogP) is 3.12. The molecule has 2 fully saturated rings. The third kappa shape index (κ3) is 5.13. The Morgan fingerprint density at radius 1 is 1.19 bits per heavy atom. The largest absolute Gasteiger partial charge is 0.469 e. The molecule has 1 amide bonds. The van der Waals surface area contributed by atoms with E-state index >= 15 is 0 Å². The summed E-state index contributed by atoms with van der Waals surface area (Å²) in [5.41, 5.74) is -0.651. The molecule has 7 nitrogen and oxygen atoms in total. The van der Waals surface area contributed by atoms with Gasteiger partial charge in [-0.15, -0.1) is 0 Å². The van der Waals surface area contributed by atoms with E-state index in [-0.39, 0.29) is 35.6 Å². The molecule has 1 aliphatic carbocycles. The van der Waals surface area contributed by atoms with Crippen molar-refractivity contribution in [1.29, 1.82) is 0 Å². The highest BCUT2D eigenvalue weighted by atomic mass is 16.7. The predicted molar refractivity (Wildman–Crippen MR) is 100 cm³/mol. The minimum absolute atomic E-state index is 0.0405. The number of hydrogen-bond donors (Lipinski definition) is 1. The van der Waals surface area contributed by atoms with Crippen molar-refractivity contribution < 1.29 is 28.5 Å². The Morgan fingerprint density at radius 2 is 1.78 bits per heavy atom. The Balaban J connectivity index is 2.03. The fourth-order valence-electron chi connectivity index (χ4n) is 4.56. The van der Waals surface area contributed by atoms with Gasteiger partial charge in [0.25, 0.3) is 0 Å². The molecule has 3 atom stereocenters. The van der Waals surface area contributed by atoms with Crippen molar-refractivity contribution in [2.45, 2.75) is 65.8 Å². The minimum Gasteiger partial charge on any atom is -0.469 e. The number of esters is 1. The van der Waals surface area contributed by atoms with Crippen molar-refractivity contribution in [1.82, 2.24) is 5.32 Å². The van der Waals surface area contributed by atoms with E-state index in [9.17, 15) is 9.59 Å². The van der Waals surface area contributed by atoms with Crippen LogP contribution < -0.4 is 5.32 Å². The fourth-order valence-corrected chi connectivity index (χ4v) is 4.56. The van der Waals surface area contributed by atoms with Gasteiger partial charge in [0, 0.05) is 12.5 Å². The zero-order chi connectivity index (χ0) is 20.5. The summed E-state index contributed by atoms with van der Waals surface area (Å²) in [6, 6.07) is 0. The lowest BCUT2D eigenvalue weighted by Crippen LogP contribution is -2.59. The summed E-state index contributed by atoms with van der Waals surface area (Å²) in [5, 5.41) is 2.82. The molecule has 0 bridgehead atoms. The standard InChI is InChI=1S/C20H35NO6/c1-18(2,3)27-17(23)21-12-13(10-16(22)24-7)14-11-15(19(14,4)5)20(6)25-8-9-26-20/h13-15H,8-12H2,1-7H3,(H,21,23)/t13-,14-,15-/m1/s1. The lowest BCUT2D eigenvalue weighted by atomic mass is 9.48. The summed E-state index contributed by atoms with van der Waals surface area (Å²) in [6.07, 6.45) is 0.660. The first kappa shape index (κ1) is 22.0. The van der Waals surface area contributed by atoms with E-state index in [1.165, 1.54) is 7.11 Å². The molecule has 156 valence electrons. The number of alkyl carbamates (subject to hydrolysis) is 1. The lowest BCUT2D eigenvalue weighted by molar-refractivity contribution is -0.259. The molecule has 1 aliphatic heterocycles. The molecule has 0 aromatic heterocycles. The smallest absolute Gasteiger partial charge is 0.407 e. The molecular weight excluding hydrogens is 350 g/mol. The number of hydrogen-bond acceptors (Lipinski definition) is 6. The molecule has 1 heterocycles. The second-order valence-electron chi connectivity index (χ2n) is 9.35. The number of ether oxygens (including phenoxy) is 4. The Kier molecular flexibility index (Phi) is 6.47. The highest BCUT2D eigenvalue weighted by molar-refractivity contribution is 5.70. The van der Waals surface area contributed by atoms with Gasteiger partial charge in [0.15, 0.2) is 5.79 Å². The van der Waals surface area contributed by atoms with Crippen molar-refractivity contribution >= 4 is 12.1 Å². The summed E-state index contributed by atoms with van der Waals surface area (Å²) in [5.74, 6) is -0.416. The second kappa shape index (κ2) is 7.95. The molecule has 0 aromatic rings. The van der Waals surface area contributed by atoms with Gasteiger partial charge in [0.05, 0.1) is 26.7 Å². The van der Waals surface area contributed by atoms with Crippen LogP contribution >= 0.6 is 0 Å². The SMILES string of the molecule is COC(=O)C[C@H](CNC(=O)OC(C)(C)C)[C@H]1C[C@@H](C2(C)OCCO2)C1(C)C. The topological polar surface area (TPSA) is 83.1 Å². The first-order valence-electron chi connectivity index (χ1n) is 9.70. The highest BCUT2D eigenvalue weighted by Gasteiger charge is 2.60. The van der Waals surface area contributed by atoms with Crippen LogP contribution in [0.4, 0.5) is 4.79 Å². The second-order valence-corrected chi connectivity index (χ2v) is 9.35. The average Bonchev–Trinajstić information content (AvgIpc) is 2.96. The molecule has 27 heavy (non-hydrogen) atoms. The highest BCUT2D eigenvalue weighted by Crippen LogP contribution is 2.60. The fraction of sp³-hybridized carbons (Fsp3) is 0.900. The maximum absolute atomic E-state index is 12.0. The molecule has 0 aromatic carbocycles. The van der Waals surface area contributed by atoms with Gasteiger partial charge in [-0.25, -0.2) is 4.79 Å². The van der Waals surface area contributed by atoms with Gasteiger partial charge in [0.2, 0.25) is 0 Å². The van der Waals surface area contributed by atoms with Crippen LogP contribution in [-0.4, -0.2) is 50.3 Å². The monoisotopic (exact) mass is 385 g/mol. The van der Waals surface area contributed by atoms with Crippen molar-refractivity contribution in [2.75, 3.05) is 26.9 Å². The quantitative estimate of drug-likeness (QED) is 0.708. The number of amides is 1. The summed E-state index contributed by atoms with van der Waals surface area (Å²) >= 11 is 0. The molecule has 1 saturated heterocycles. The maximum Gasteiger partial charge on any atom is 0.407 e. The number of methoxy groups -OCH3 is 1. The van der Waals surface area contributed by atoms with E-state index < -0.39 is 17.5 Å². The Labute approximate surface area is 162 Å². The van der Waals surface area contributed by atoms with Crippen LogP contribution in [-0.2, 0) is 23.7 Å². The third-order valence-corrected chi connectivity index (χ3v) is 5.97. The van der Waals surface area contributed by atoms with E-state index in [1.54, 1.807) is 0 Å². The van der Waals surface area contributed by atoms with Gasteiger partial charge in [-0.3, -0.25) is 4.79 Å². The van der Waals surface area contributed by atoms with Crippen molar-refractivity contribution in [3.05, 3.63) is 0 Å². The van der Waals surface area contributed by atoms with E-state index in [0.29, 0.717) is 19.8 Å². The summed E-state index contributed by atoms with van der Waals surface area (Å²) in [6.45, 7) is 13.4. The minimum atomic E-state index is -0.575. The van der Waals surface area contributed by atoms with E-state index in [0.717, 1.165) is 6.42 Å². The van der Waals surface area contributed by atoms with Crippen LogP contribution in [0.5, 0.6) is 0 Å². The van der Waals surface area contributed by atoms with Crippen LogP contribution in [0.1, 0.15) is 54.4 Å². The first-order valence-corrected chi connectivity index (χ1v) is 9.70. The molecule has 1 saturated carbocycles. The van der Waals surface area contributed by atoms with Gasteiger partial charge in [-0.1, -0.05) is 13.8 Å². The molecule has 0 radical (unpaired) electrons. The van der Waals surface area contributed by atoms with Gasteiger partial charge in [-0.05, 0) is 51.4 Å². The van der Waals surface area contributed by atoms with Gasteiger partial charge < -0.3 is 24.3 Å². The Bertz CT molecular complexity index is 547. The average molecular weight is 386 g/mol. The zero-order valence-corrected chi connectivity index (χ0v) is 17.7. The van der Waals surface area contributed by atoms with Crippen molar-refractivity contribution in [3.8, 4) is 0 Å². The van der Waals surface area contributed by atoms with Crippen LogP contribution in [0.15, 0.2) is 0 Å². The molecule has 0 unspecified atom stereocenters. The maximum atomic E-state index is 12.0. The molecule has 7 heteroatoms. The molecule has 2 aliphatic rings. The first-order chi connectivity index (χ1) is 12.4. The molecular formula is C20H35NO6. The van der Waals surface area contributed by atoms with E-state index in [4.69, 9.17) is 18.9 Å². The van der Waals surface area contributed by atoms with Crippen LogP contribution in [0.3, 0.4) is 0 Å². The van der Waals surface area contributed by atoms with Gasteiger partial charge in [-0.2, -0.15) is 0 Å². The van der Waals surface area contributed by atoms with Crippen LogP contribution in [0.2, 0.25) is 0 Å². The van der Waals surface area contributed by atoms with Crippen LogP contribution in [0, 0.1) is 23.2 Å². The van der Waals surface area contributed by atoms with Gasteiger partial charge in [0.1, 0.15) is 5.60 Å². The van der Waals surface area contributed by atoms with Gasteiger partial charge >= 0.3 is 12.1 Å². The summed E-state index contributed by atoms with van der Waals surface area (Å²) < 4.78 is 21.9. The summed E-state index contributed by atoms with van der Waals surface area (Å²) in [7, 11) is 1.39. The van der Waals surface area contributed by atoms with Crippen LogP contribution in [0.25, 0.3) is 0 Å². The van der Waals surface area contributed by atoms with E-state index in [1.807, 2.05) is 27.7 Å². The zero-order valence-electron chi connectivity index (χ0n) is 17.7. The molecule has 1 N–H and O–H groups in total. The number of carbonyl (C=O) groups is 2. The molecule has 2 rings (SSSR count). The van der Waals surface area contributed by atoms with E-state index in [2.05, 4.69) is 19.2 Å². The number of carbonyl (C=O) groups excluding carboxylic acids is 2. The number of nitrogens with one attached hydrogen (secondary N) is 1. The molecule has 0 spiro atoms. The third-order valence-electron chi connectivity index (χ3n) is 5.97. The normalized spacial score (nSPS) is 27.4. The Morgan fingerprint density at radius 3 is 2.26 bits per heavy atom. The number of rotatable bonds is 6. The lowest BCUT2D eigenvalue weighted by Gasteiger charge is -2.59. The Hall–Kier alpha value is -1.34.